The number of rotatable bonds is 6. The van der Waals surface area contributed by atoms with Crippen LogP contribution < -0.4 is 0 Å². The second-order valence-corrected chi connectivity index (χ2v) is 7.59. The van der Waals surface area contributed by atoms with Crippen molar-refractivity contribution in [1.29, 1.82) is 0 Å². The molecular weight excluding hydrogens is 358 g/mol. The van der Waals surface area contributed by atoms with Gasteiger partial charge in [-0.15, -0.1) is 0 Å². The van der Waals surface area contributed by atoms with Gasteiger partial charge in [0.05, 0.1) is 24.7 Å². The summed E-state index contributed by atoms with van der Waals surface area (Å²) in [6.45, 7) is 3.92. The minimum absolute atomic E-state index is 0.0287. The predicted octanol–water partition coefficient (Wildman–Crippen LogP) is 3.93. The van der Waals surface area contributed by atoms with E-state index >= 15 is 0 Å². The number of hydrogen-bond donors (Lipinski definition) is 0. The lowest BCUT2D eigenvalue weighted by atomic mass is 9.87. The minimum atomic E-state index is -0.253. The van der Waals surface area contributed by atoms with Gasteiger partial charge in [-0.05, 0) is 51.0 Å². The van der Waals surface area contributed by atoms with Crippen molar-refractivity contribution in [2.75, 3.05) is 19.7 Å². The second-order valence-electron chi connectivity index (χ2n) is 7.59. The van der Waals surface area contributed by atoms with Gasteiger partial charge in [-0.3, -0.25) is 4.79 Å². The molecule has 1 saturated carbocycles. The maximum Gasteiger partial charge on any atom is 0.410 e. The Morgan fingerprint density at radius 2 is 1.57 bits per heavy atom. The van der Waals surface area contributed by atoms with E-state index in [-0.39, 0.29) is 30.2 Å². The lowest BCUT2D eigenvalue weighted by molar-refractivity contribution is -0.150. The molecule has 1 aliphatic heterocycles. The average molecular weight is 389 g/mol. The molecular formula is C22H31NO5. The van der Waals surface area contributed by atoms with Crippen LogP contribution in [0, 0.1) is 5.92 Å². The first-order chi connectivity index (χ1) is 13.7. The number of benzene rings is 1. The normalized spacial score (nSPS) is 23.2. The minimum Gasteiger partial charge on any atom is -0.466 e. The van der Waals surface area contributed by atoms with Crippen molar-refractivity contribution in [3.8, 4) is 0 Å². The Balaban J connectivity index is 1.33. The molecule has 1 amide bonds. The third kappa shape index (κ3) is 5.96. The monoisotopic (exact) mass is 389 g/mol. The fourth-order valence-electron chi connectivity index (χ4n) is 3.95. The highest BCUT2D eigenvalue weighted by Crippen LogP contribution is 2.29. The molecule has 2 aliphatic rings. The van der Waals surface area contributed by atoms with E-state index in [4.69, 9.17) is 14.2 Å². The Morgan fingerprint density at radius 1 is 0.929 bits per heavy atom. The van der Waals surface area contributed by atoms with Gasteiger partial charge in [0, 0.05) is 13.1 Å². The average Bonchev–Trinajstić information content (AvgIpc) is 2.74. The van der Waals surface area contributed by atoms with E-state index in [1.54, 1.807) is 4.90 Å². The summed E-state index contributed by atoms with van der Waals surface area (Å²) < 4.78 is 16.8. The van der Waals surface area contributed by atoms with Crippen LogP contribution in [-0.4, -0.2) is 48.9 Å². The number of amides is 1. The van der Waals surface area contributed by atoms with Gasteiger partial charge >= 0.3 is 12.1 Å². The molecule has 0 N–H and O–H groups in total. The zero-order chi connectivity index (χ0) is 19.8. The van der Waals surface area contributed by atoms with Gasteiger partial charge < -0.3 is 19.1 Å². The van der Waals surface area contributed by atoms with Gasteiger partial charge in [-0.25, -0.2) is 4.79 Å². The Morgan fingerprint density at radius 3 is 2.21 bits per heavy atom. The fraction of sp³-hybridized carbons (Fsp3) is 0.636. The third-order valence-electron chi connectivity index (χ3n) is 5.58. The molecule has 0 aromatic heterocycles. The highest BCUT2D eigenvalue weighted by Gasteiger charge is 2.31. The summed E-state index contributed by atoms with van der Waals surface area (Å²) in [7, 11) is 0. The van der Waals surface area contributed by atoms with Gasteiger partial charge in [0.1, 0.15) is 6.61 Å². The van der Waals surface area contributed by atoms with E-state index in [0.29, 0.717) is 26.3 Å². The first-order valence-corrected chi connectivity index (χ1v) is 10.4. The number of carbonyl (C=O) groups is 2. The molecule has 1 saturated heterocycles. The summed E-state index contributed by atoms with van der Waals surface area (Å²) in [6.07, 6.45) is 5.30. The van der Waals surface area contributed by atoms with Crippen molar-refractivity contribution in [2.45, 2.75) is 64.3 Å². The maximum atomic E-state index is 12.2. The van der Waals surface area contributed by atoms with Crippen molar-refractivity contribution in [3.05, 3.63) is 35.9 Å². The highest BCUT2D eigenvalue weighted by molar-refractivity contribution is 5.72. The lowest BCUT2D eigenvalue weighted by Crippen LogP contribution is -2.42. The number of nitrogens with zero attached hydrogens (tertiary/aromatic N) is 1. The zero-order valence-corrected chi connectivity index (χ0v) is 16.7. The molecule has 6 heteroatoms. The van der Waals surface area contributed by atoms with Crippen LogP contribution in [0.5, 0.6) is 0 Å². The van der Waals surface area contributed by atoms with Crippen LogP contribution in [0.25, 0.3) is 0 Å². The molecule has 1 heterocycles. The van der Waals surface area contributed by atoms with Gasteiger partial charge in [-0.1, -0.05) is 30.3 Å². The summed E-state index contributed by atoms with van der Waals surface area (Å²) in [4.78, 5) is 25.8. The standard InChI is InChI=1S/C22H31NO5/c1-2-26-21(24)18-8-10-19(11-9-18)28-20-12-14-23(15-13-20)22(25)27-16-17-6-4-3-5-7-17/h3-7,18-20H,2,8-16H2,1H3. The van der Waals surface area contributed by atoms with Crippen molar-refractivity contribution in [2.24, 2.45) is 5.92 Å². The van der Waals surface area contributed by atoms with Crippen LogP contribution in [-0.2, 0) is 25.6 Å². The van der Waals surface area contributed by atoms with Crippen molar-refractivity contribution >= 4 is 12.1 Å². The number of esters is 1. The van der Waals surface area contributed by atoms with Gasteiger partial charge in [0.15, 0.2) is 0 Å². The summed E-state index contributed by atoms with van der Waals surface area (Å²) in [5.74, 6) is -0.0377. The number of ether oxygens (including phenoxy) is 3. The summed E-state index contributed by atoms with van der Waals surface area (Å²) in [5.41, 5.74) is 0.993. The van der Waals surface area contributed by atoms with Gasteiger partial charge in [0.25, 0.3) is 0 Å². The first kappa shape index (κ1) is 20.6. The van der Waals surface area contributed by atoms with Gasteiger partial charge in [0.2, 0.25) is 0 Å². The smallest absolute Gasteiger partial charge is 0.410 e. The molecule has 3 rings (SSSR count). The molecule has 6 nitrogen and oxygen atoms in total. The topological polar surface area (TPSA) is 65.1 Å². The quantitative estimate of drug-likeness (QED) is 0.690. The molecule has 0 bridgehead atoms. The Bertz CT molecular complexity index is 619. The highest BCUT2D eigenvalue weighted by atomic mass is 16.6. The van der Waals surface area contributed by atoms with E-state index in [1.807, 2.05) is 37.3 Å². The van der Waals surface area contributed by atoms with Crippen LogP contribution in [0.15, 0.2) is 30.3 Å². The van der Waals surface area contributed by atoms with Crippen molar-refractivity contribution in [1.82, 2.24) is 4.90 Å². The Kier molecular flexibility index (Phi) is 7.71. The van der Waals surface area contributed by atoms with Crippen LogP contribution in [0.3, 0.4) is 0 Å². The van der Waals surface area contributed by atoms with Gasteiger partial charge in [-0.2, -0.15) is 0 Å². The molecule has 0 atom stereocenters. The maximum absolute atomic E-state index is 12.2. The van der Waals surface area contributed by atoms with E-state index < -0.39 is 0 Å². The summed E-state index contributed by atoms with van der Waals surface area (Å²) >= 11 is 0. The van der Waals surface area contributed by atoms with E-state index in [1.165, 1.54) is 0 Å². The zero-order valence-electron chi connectivity index (χ0n) is 16.7. The molecule has 0 spiro atoms. The molecule has 0 unspecified atom stereocenters. The predicted molar refractivity (Wildman–Crippen MR) is 105 cm³/mol. The Hall–Kier alpha value is -2.08. The second kappa shape index (κ2) is 10.5. The SMILES string of the molecule is CCOC(=O)C1CCC(OC2CCN(C(=O)OCc3ccccc3)CC2)CC1. The Labute approximate surface area is 167 Å². The van der Waals surface area contributed by atoms with Crippen molar-refractivity contribution < 1.29 is 23.8 Å². The van der Waals surface area contributed by atoms with Crippen LogP contribution in [0.4, 0.5) is 4.79 Å². The van der Waals surface area contributed by atoms with Crippen LogP contribution >= 0.6 is 0 Å². The molecule has 154 valence electrons. The number of carbonyl (C=O) groups excluding carboxylic acids is 2. The van der Waals surface area contributed by atoms with E-state index in [2.05, 4.69) is 0 Å². The van der Waals surface area contributed by atoms with Crippen LogP contribution in [0.1, 0.15) is 51.0 Å². The van der Waals surface area contributed by atoms with Crippen LogP contribution in [0.2, 0.25) is 0 Å². The summed E-state index contributed by atoms with van der Waals surface area (Å²) in [6, 6.07) is 9.71. The molecule has 1 aromatic rings. The largest absolute Gasteiger partial charge is 0.466 e. The number of likely N-dealkylation sites (tertiary alicyclic amines) is 1. The summed E-state index contributed by atoms with van der Waals surface area (Å²) in [5, 5.41) is 0. The number of hydrogen-bond acceptors (Lipinski definition) is 5. The fourth-order valence-corrected chi connectivity index (χ4v) is 3.95. The molecule has 1 aliphatic carbocycles. The number of piperidine rings is 1. The van der Waals surface area contributed by atoms with Crippen molar-refractivity contribution in [3.63, 3.8) is 0 Å². The molecule has 2 fully saturated rings. The molecule has 28 heavy (non-hydrogen) atoms. The molecule has 1 aromatic carbocycles. The third-order valence-corrected chi connectivity index (χ3v) is 5.58. The van der Waals surface area contributed by atoms with E-state index in [9.17, 15) is 9.59 Å². The lowest BCUT2D eigenvalue weighted by Gasteiger charge is -2.35. The molecule has 0 radical (unpaired) electrons. The van der Waals surface area contributed by atoms with E-state index in [0.717, 1.165) is 44.1 Å². The first-order valence-electron chi connectivity index (χ1n) is 10.4.